The number of aliphatic hydroxyl groups excluding tert-OH is 1. The number of phenols is 2. The average Bonchev–Trinajstić information content (AvgIpc) is 2.82. The molecule has 2 aromatic carbocycles. The van der Waals surface area contributed by atoms with Crippen LogP contribution in [0.2, 0.25) is 0 Å². The van der Waals surface area contributed by atoms with Crippen LogP contribution in [-0.2, 0) is 32.0 Å². The van der Waals surface area contributed by atoms with Gasteiger partial charge >= 0.3 is 5.97 Å². The molecule has 2 rings (SSSR count). The number of carboxylic acids is 1. The molecule has 2 aromatic rings. The smallest absolute Gasteiger partial charge is 0.322 e. The Bertz CT molecular complexity index is 1060. The molecule has 0 aromatic heterocycles. The molecule has 0 saturated carbocycles. The fraction of sp³-hybridized carbons (Fsp3) is 0.333. The van der Waals surface area contributed by atoms with Crippen molar-refractivity contribution in [2.45, 2.75) is 44.0 Å². The van der Waals surface area contributed by atoms with Crippen LogP contribution in [0, 0.1) is 0 Å². The number of hydrogen-bond acceptors (Lipinski definition) is 8. The van der Waals surface area contributed by atoms with Gasteiger partial charge in [0.15, 0.2) is 0 Å². The van der Waals surface area contributed by atoms with Crippen LogP contribution in [0.4, 0.5) is 0 Å². The highest BCUT2D eigenvalue weighted by atomic mass is 16.4. The standard InChI is InChI=1S/C24H30N4O8/c1-13(29)21(24(36)26-12-20(32)33)28-23(35)19(11-15-4-8-17(31)9-5-15)27-22(34)18(25)10-14-2-6-16(30)7-3-14/h2-9,13,18-19,21,29-31H,10-12,25H2,1H3,(H,26,36)(H,27,34)(H,28,35)(H,32,33). The fourth-order valence-corrected chi connectivity index (χ4v) is 3.27. The Morgan fingerprint density at radius 2 is 1.31 bits per heavy atom. The first-order chi connectivity index (χ1) is 17.0. The summed E-state index contributed by atoms with van der Waals surface area (Å²) in [5, 5.41) is 44.6. The Morgan fingerprint density at radius 3 is 1.78 bits per heavy atom. The molecule has 4 unspecified atom stereocenters. The monoisotopic (exact) mass is 502 g/mol. The molecular formula is C24H30N4O8. The van der Waals surface area contributed by atoms with E-state index in [4.69, 9.17) is 10.8 Å². The van der Waals surface area contributed by atoms with E-state index < -0.39 is 54.5 Å². The lowest BCUT2D eigenvalue weighted by molar-refractivity contribution is -0.139. The van der Waals surface area contributed by atoms with Crippen molar-refractivity contribution in [1.82, 2.24) is 16.0 Å². The summed E-state index contributed by atoms with van der Waals surface area (Å²) in [5.74, 6) is -3.64. The highest BCUT2D eigenvalue weighted by Crippen LogP contribution is 2.13. The molecule has 0 saturated heterocycles. The Morgan fingerprint density at radius 1 is 0.806 bits per heavy atom. The molecule has 9 N–H and O–H groups in total. The van der Waals surface area contributed by atoms with Crippen LogP contribution in [0.1, 0.15) is 18.1 Å². The topological polar surface area (TPSA) is 211 Å². The first kappa shape index (κ1) is 28.1. The van der Waals surface area contributed by atoms with Gasteiger partial charge in [-0.2, -0.15) is 0 Å². The summed E-state index contributed by atoms with van der Waals surface area (Å²) in [5.41, 5.74) is 7.27. The number of benzene rings is 2. The molecule has 194 valence electrons. The number of aliphatic hydroxyl groups is 1. The van der Waals surface area contributed by atoms with Gasteiger partial charge in [0, 0.05) is 6.42 Å². The summed E-state index contributed by atoms with van der Waals surface area (Å²) in [6.45, 7) is 0.532. The van der Waals surface area contributed by atoms with Crippen molar-refractivity contribution >= 4 is 23.7 Å². The minimum Gasteiger partial charge on any atom is -0.508 e. The van der Waals surface area contributed by atoms with E-state index in [0.29, 0.717) is 11.1 Å². The third-order valence-electron chi connectivity index (χ3n) is 5.21. The maximum Gasteiger partial charge on any atom is 0.322 e. The van der Waals surface area contributed by atoms with Gasteiger partial charge in [-0.3, -0.25) is 19.2 Å². The summed E-state index contributed by atoms with van der Waals surface area (Å²) < 4.78 is 0. The van der Waals surface area contributed by atoms with Crippen LogP contribution >= 0.6 is 0 Å². The molecule has 12 nitrogen and oxygen atoms in total. The van der Waals surface area contributed by atoms with Crippen LogP contribution in [0.3, 0.4) is 0 Å². The van der Waals surface area contributed by atoms with Crippen LogP contribution < -0.4 is 21.7 Å². The molecule has 0 aliphatic heterocycles. The predicted octanol–water partition coefficient (Wildman–Crippen LogP) is -1.24. The van der Waals surface area contributed by atoms with E-state index in [9.17, 15) is 34.5 Å². The maximum absolute atomic E-state index is 13.1. The zero-order valence-corrected chi connectivity index (χ0v) is 19.5. The minimum absolute atomic E-state index is 0.00368. The third kappa shape index (κ3) is 8.89. The summed E-state index contributed by atoms with van der Waals surface area (Å²) in [7, 11) is 0. The molecule has 4 atom stereocenters. The van der Waals surface area contributed by atoms with E-state index in [1.54, 1.807) is 24.3 Å². The van der Waals surface area contributed by atoms with Crippen LogP contribution in [0.5, 0.6) is 11.5 Å². The number of aromatic hydroxyl groups is 2. The molecule has 0 spiro atoms. The first-order valence-corrected chi connectivity index (χ1v) is 11.1. The summed E-state index contributed by atoms with van der Waals surface area (Å²) in [6, 6.07) is 8.26. The van der Waals surface area contributed by atoms with Gasteiger partial charge in [0.05, 0.1) is 12.1 Å². The Labute approximate surface area is 207 Å². The lowest BCUT2D eigenvalue weighted by atomic mass is 10.0. The molecule has 0 radical (unpaired) electrons. The lowest BCUT2D eigenvalue weighted by Crippen LogP contribution is -2.59. The summed E-state index contributed by atoms with van der Waals surface area (Å²) in [4.78, 5) is 48.9. The second kappa shape index (κ2) is 13.1. The van der Waals surface area contributed by atoms with Crippen LogP contribution in [0.15, 0.2) is 48.5 Å². The van der Waals surface area contributed by atoms with E-state index in [1.807, 2.05) is 0 Å². The van der Waals surface area contributed by atoms with Gasteiger partial charge in [0.1, 0.15) is 30.1 Å². The maximum atomic E-state index is 13.1. The fourth-order valence-electron chi connectivity index (χ4n) is 3.27. The number of hydrogen-bond donors (Lipinski definition) is 8. The lowest BCUT2D eigenvalue weighted by Gasteiger charge is -2.25. The number of rotatable bonds is 12. The largest absolute Gasteiger partial charge is 0.508 e. The number of amides is 3. The number of aliphatic carboxylic acids is 1. The van der Waals surface area contributed by atoms with E-state index in [2.05, 4.69) is 16.0 Å². The van der Waals surface area contributed by atoms with Crippen molar-refractivity contribution in [1.29, 1.82) is 0 Å². The highest BCUT2D eigenvalue weighted by Gasteiger charge is 2.31. The van der Waals surface area contributed by atoms with E-state index >= 15 is 0 Å². The predicted molar refractivity (Wildman–Crippen MR) is 128 cm³/mol. The zero-order valence-electron chi connectivity index (χ0n) is 19.5. The SMILES string of the molecule is CC(O)C(NC(=O)C(Cc1ccc(O)cc1)NC(=O)C(N)Cc1ccc(O)cc1)C(=O)NCC(=O)O. The molecule has 12 heteroatoms. The number of nitrogens with two attached hydrogens (primary N) is 1. The highest BCUT2D eigenvalue weighted by molar-refractivity contribution is 5.94. The van der Waals surface area contributed by atoms with Crippen molar-refractivity contribution in [3.63, 3.8) is 0 Å². The van der Waals surface area contributed by atoms with Crippen molar-refractivity contribution < 1.29 is 39.6 Å². The number of carboxylic acid groups (broad SMARTS) is 1. The number of carbonyl (C=O) groups is 4. The van der Waals surface area contributed by atoms with Gasteiger partial charge in [-0.15, -0.1) is 0 Å². The molecule has 0 bridgehead atoms. The molecule has 3 amide bonds. The molecule has 0 aliphatic rings. The third-order valence-corrected chi connectivity index (χ3v) is 5.21. The van der Waals surface area contributed by atoms with Crippen molar-refractivity contribution in [2.75, 3.05) is 6.54 Å². The Hall–Kier alpha value is -4.16. The summed E-state index contributed by atoms with van der Waals surface area (Å²) in [6.07, 6.45) is -1.29. The van der Waals surface area contributed by atoms with Crippen LogP contribution in [0.25, 0.3) is 0 Å². The quantitative estimate of drug-likeness (QED) is 0.174. The van der Waals surface area contributed by atoms with Crippen molar-refractivity contribution in [3.8, 4) is 11.5 Å². The second-order valence-electron chi connectivity index (χ2n) is 8.25. The molecule has 0 aliphatic carbocycles. The van der Waals surface area contributed by atoms with E-state index in [-0.39, 0.29) is 24.3 Å². The zero-order chi connectivity index (χ0) is 26.8. The first-order valence-electron chi connectivity index (χ1n) is 11.1. The van der Waals surface area contributed by atoms with Gasteiger partial charge in [-0.05, 0) is 48.7 Å². The van der Waals surface area contributed by atoms with Crippen molar-refractivity contribution in [3.05, 3.63) is 59.7 Å². The number of carbonyl (C=O) groups excluding carboxylic acids is 3. The molecule has 0 heterocycles. The average molecular weight is 503 g/mol. The molecular weight excluding hydrogens is 472 g/mol. The Kier molecular flexibility index (Phi) is 10.2. The number of phenolic OH excluding ortho intramolecular Hbond substituents is 2. The second-order valence-corrected chi connectivity index (χ2v) is 8.25. The van der Waals surface area contributed by atoms with Gasteiger partial charge in [0.2, 0.25) is 17.7 Å². The normalized spacial score (nSPS) is 14.1. The van der Waals surface area contributed by atoms with Gasteiger partial charge < -0.3 is 42.1 Å². The summed E-state index contributed by atoms with van der Waals surface area (Å²) >= 11 is 0. The molecule has 0 fully saturated rings. The van der Waals surface area contributed by atoms with Gasteiger partial charge in [-0.1, -0.05) is 24.3 Å². The van der Waals surface area contributed by atoms with Crippen LogP contribution in [-0.4, -0.2) is 74.9 Å². The molecule has 36 heavy (non-hydrogen) atoms. The Balaban J connectivity index is 2.17. The van der Waals surface area contributed by atoms with Gasteiger partial charge in [0.25, 0.3) is 0 Å². The van der Waals surface area contributed by atoms with Gasteiger partial charge in [-0.25, -0.2) is 0 Å². The minimum atomic E-state index is -1.48. The van der Waals surface area contributed by atoms with Crippen molar-refractivity contribution in [2.24, 2.45) is 5.73 Å². The van der Waals surface area contributed by atoms with E-state index in [0.717, 1.165) is 0 Å². The number of nitrogens with one attached hydrogen (secondary N) is 3. The van der Waals surface area contributed by atoms with E-state index in [1.165, 1.54) is 31.2 Å².